The number of allylic oxidation sites excluding steroid dienone is 2. The van der Waals surface area contributed by atoms with Gasteiger partial charge < -0.3 is 4.90 Å². The van der Waals surface area contributed by atoms with Crippen LogP contribution < -0.4 is 0 Å². The minimum Gasteiger partial charge on any atom is -0.367 e. The molecule has 1 aliphatic carbocycles. The largest absolute Gasteiger partial charge is 0.367 e. The van der Waals surface area contributed by atoms with Gasteiger partial charge in [0, 0.05) is 36.8 Å². The number of carbonyl (C=O) groups excluding carboxylic acids is 2. The molecule has 0 amide bonds. The van der Waals surface area contributed by atoms with Crippen LogP contribution in [0.1, 0.15) is 59.7 Å². The van der Waals surface area contributed by atoms with Gasteiger partial charge in [0.15, 0.2) is 4.91 Å². The van der Waals surface area contributed by atoms with Gasteiger partial charge in [0.05, 0.1) is 0 Å². The van der Waals surface area contributed by atoms with E-state index in [4.69, 9.17) is 0 Å². The van der Waals surface area contributed by atoms with E-state index in [2.05, 4.69) is 0 Å². The lowest BCUT2D eigenvalue weighted by Gasteiger charge is -2.35. The van der Waals surface area contributed by atoms with Gasteiger partial charge in [0.2, 0.25) is 21.6 Å². The standard InChI is InChI=1S/C20H24N2O4S/c1-14-8-4-5-13-22(14)27(25,26)20-17(21-11-6-7-12-21)18(23)15-9-2-3-10-16(15)19(20)24/h2-3,9-10,14H,4-8,11-13H2,1H3. The summed E-state index contributed by atoms with van der Waals surface area (Å²) in [7, 11) is -4.04. The van der Waals surface area contributed by atoms with Crippen molar-refractivity contribution in [1.82, 2.24) is 9.21 Å². The molecule has 0 N–H and O–H groups in total. The summed E-state index contributed by atoms with van der Waals surface area (Å²) in [6.07, 6.45) is 4.29. The number of hydrogen-bond donors (Lipinski definition) is 0. The first-order chi connectivity index (χ1) is 12.9. The molecule has 0 radical (unpaired) electrons. The number of rotatable bonds is 3. The average Bonchev–Trinajstić information content (AvgIpc) is 3.19. The van der Waals surface area contributed by atoms with Crippen LogP contribution >= 0.6 is 0 Å². The van der Waals surface area contributed by atoms with Gasteiger partial charge in [-0.1, -0.05) is 30.7 Å². The summed E-state index contributed by atoms with van der Waals surface area (Å²) in [5.41, 5.74) is 0.567. The number of likely N-dealkylation sites (tertiary alicyclic amines) is 1. The molecule has 4 rings (SSSR count). The van der Waals surface area contributed by atoms with Gasteiger partial charge in [-0.25, -0.2) is 8.42 Å². The summed E-state index contributed by atoms with van der Waals surface area (Å²) in [4.78, 5) is 28.0. The third-order valence-electron chi connectivity index (χ3n) is 5.78. The molecule has 0 spiro atoms. The van der Waals surface area contributed by atoms with E-state index in [1.54, 1.807) is 29.2 Å². The van der Waals surface area contributed by atoms with Gasteiger partial charge in [-0.3, -0.25) is 9.59 Å². The van der Waals surface area contributed by atoms with Crippen molar-refractivity contribution in [3.05, 3.63) is 46.0 Å². The third-order valence-corrected chi connectivity index (χ3v) is 7.84. The number of Topliss-reactive ketones (excluding diaryl/α,β-unsaturated/α-hetero) is 2. The molecule has 2 fully saturated rings. The lowest BCUT2D eigenvalue weighted by molar-refractivity contribution is 0.0951. The average molecular weight is 388 g/mol. The fourth-order valence-corrected chi connectivity index (χ4v) is 6.35. The second-order valence-corrected chi connectivity index (χ2v) is 9.36. The van der Waals surface area contributed by atoms with Crippen LogP contribution in [0.3, 0.4) is 0 Å². The number of ketones is 2. The van der Waals surface area contributed by atoms with Gasteiger partial charge in [-0.05, 0) is 32.6 Å². The van der Waals surface area contributed by atoms with Gasteiger partial charge in [0.25, 0.3) is 0 Å². The van der Waals surface area contributed by atoms with Crippen LogP contribution in [0, 0.1) is 0 Å². The lowest BCUT2D eigenvalue weighted by atomic mass is 9.92. The van der Waals surface area contributed by atoms with Crippen molar-refractivity contribution >= 4 is 21.6 Å². The van der Waals surface area contributed by atoms with Crippen molar-refractivity contribution in [3.8, 4) is 0 Å². The predicted octanol–water partition coefficient (Wildman–Crippen LogP) is 2.58. The lowest BCUT2D eigenvalue weighted by Crippen LogP contribution is -2.46. The Labute approximate surface area is 159 Å². The monoisotopic (exact) mass is 388 g/mol. The van der Waals surface area contributed by atoms with Gasteiger partial charge >= 0.3 is 0 Å². The number of carbonyl (C=O) groups is 2. The molecule has 0 saturated carbocycles. The first-order valence-corrected chi connectivity index (χ1v) is 11.1. The summed E-state index contributed by atoms with van der Waals surface area (Å²) in [6.45, 7) is 3.47. The molecule has 1 aromatic rings. The third kappa shape index (κ3) is 2.93. The number of piperidine rings is 1. The Hall–Kier alpha value is -1.99. The smallest absolute Gasteiger partial charge is 0.249 e. The van der Waals surface area contributed by atoms with Crippen LogP contribution in [0.25, 0.3) is 0 Å². The van der Waals surface area contributed by atoms with E-state index in [0.29, 0.717) is 25.2 Å². The molecule has 7 heteroatoms. The van der Waals surface area contributed by atoms with Crippen molar-refractivity contribution in [3.63, 3.8) is 0 Å². The van der Waals surface area contributed by atoms with Gasteiger partial charge in [0.1, 0.15) is 5.70 Å². The van der Waals surface area contributed by atoms with E-state index in [1.807, 2.05) is 6.92 Å². The number of hydrogen-bond acceptors (Lipinski definition) is 5. The Morgan fingerprint density at radius 1 is 0.889 bits per heavy atom. The first-order valence-electron chi connectivity index (χ1n) is 9.62. The van der Waals surface area contributed by atoms with E-state index < -0.39 is 15.8 Å². The quantitative estimate of drug-likeness (QED) is 0.796. The Bertz CT molecular complexity index is 929. The summed E-state index contributed by atoms with van der Waals surface area (Å²) in [6, 6.07) is 6.36. The molecule has 1 aromatic carbocycles. The van der Waals surface area contributed by atoms with Crippen molar-refractivity contribution in [1.29, 1.82) is 0 Å². The number of sulfonamides is 1. The van der Waals surface area contributed by atoms with Gasteiger partial charge in [-0.2, -0.15) is 4.31 Å². The fraction of sp³-hybridized carbons (Fsp3) is 0.500. The van der Waals surface area contributed by atoms with E-state index >= 15 is 0 Å². The highest BCUT2D eigenvalue weighted by molar-refractivity contribution is 7.94. The van der Waals surface area contributed by atoms with Crippen molar-refractivity contribution < 1.29 is 18.0 Å². The Morgan fingerprint density at radius 3 is 2.11 bits per heavy atom. The molecular formula is C20H24N2O4S. The SMILES string of the molecule is CC1CCCCN1S(=O)(=O)C1=C(N2CCCC2)C(=O)c2ccccc2C1=O. The van der Waals surface area contributed by atoms with E-state index in [9.17, 15) is 18.0 Å². The Kier molecular flexibility index (Phi) is 4.68. The normalized spacial score (nSPS) is 24.5. The van der Waals surface area contributed by atoms with Crippen LogP contribution in [0.15, 0.2) is 34.9 Å². The topological polar surface area (TPSA) is 74.8 Å². The molecule has 1 unspecified atom stereocenters. The second kappa shape index (κ2) is 6.87. The summed E-state index contributed by atoms with van der Waals surface area (Å²) in [5, 5.41) is 0. The van der Waals surface area contributed by atoms with E-state index in [1.165, 1.54) is 4.31 Å². The van der Waals surface area contributed by atoms with Crippen LogP contribution in [-0.2, 0) is 10.0 Å². The highest BCUT2D eigenvalue weighted by atomic mass is 32.2. The zero-order valence-electron chi connectivity index (χ0n) is 15.5. The van der Waals surface area contributed by atoms with Crippen LogP contribution in [0.2, 0.25) is 0 Å². The number of benzene rings is 1. The zero-order valence-corrected chi connectivity index (χ0v) is 16.3. The highest BCUT2D eigenvalue weighted by Crippen LogP contribution is 2.36. The Balaban J connectivity index is 1.91. The summed E-state index contributed by atoms with van der Waals surface area (Å²) < 4.78 is 28.5. The van der Waals surface area contributed by atoms with E-state index in [0.717, 1.165) is 32.1 Å². The molecule has 2 heterocycles. The summed E-state index contributed by atoms with van der Waals surface area (Å²) in [5.74, 6) is -0.903. The molecule has 2 aliphatic heterocycles. The molecular weight excluding hydrogens is 364 g/mol. The summed E-state index contributed by atoms with van der Waals surface area (Å²) >= 11 is 0. The maximum absolute atomic E-state index is 13.6. The van der Waals surface area contributed by atoms with Crippen LogP contribution in [0.4, 0.5) is 0 Å². The van der Waals surface area contributed by atoms with Crippen molar-refractivity contribution in [2.24, 2.45) is 0 Å². The van der Waals surface area contributed by atoms with Crippen LogP contribution in [0.5, 0.6) is 0 Å². The molecule has 2 saturated heterocycles. The molecule has 6 nitrogen and oxygen atoms in total. The van der Waals surface area contributed by atoms with Crippen LogP contribution in [-0.4, -0.2) is 54.9 Å². The molecule has 144 valence electrons. The minimum atomic E-state index is -4.04. The maximum Gasteiger partial charge on any atom is 0.249 e. The molecule has 0 aromatic heterocycles. The molecule has 3 aliphatic rings. The van der Waals surface area contributed by atoms with Crippen molar-refractivity contribution in [2.45, 2.75) is 45.1 Å². The molecule has 27 heavy (non-hydrogen) atoms. The second-order valence-electron chi connectivity index (χ2n) is 7.54. The number of nitrogens with zero attached hydrogens (tertiary/aromatic N) is 2. The fourth-order valence-electron chi connectivity index (χ4n) is 4.35. The number of fused-ring (bicyclic) bond motifs is 1. The Morgan fingerprint density at radius 2 is 1.48 bits per heavy atom. The first kappa shape index (κ1) is 18.4. The molecule has 0 bridgehead atoms. The van der Waals surface area contributed by atoms with Gasteiger partial charge in [-0.15, -0.1) is 0 Å². The minimum absolute atomic E-state index is 0.0778. The zero-order chi connectivity index (χ0) is 19.2. The highest BCUT2D eigenvalue weighted by Gasteiger charge is 2.45. The van der Waals surface area contributed by atoms with Crippen molar-refractivity contribution in [2.75, 3.05) is 19.6 Å². The molecule has 1 atom stereocenters. The van der Waals surface area contributed by atoms with E-state index in [-0.39, 0.29) is 28.0 Å². The maximum atomic E-state index is 13.6. The predicted molar refractivity (Wildman–Crippen MR) is 102 cm³/mol.